The Morgan fingerprint density at radius 1 is 1.04 bits per heavy atom. The van der Waals surface area contributed by atoms with Gasteiger partial charge < -0.3 is 9.47 Å². The van der Waals surface area contributed by atoms with Crippen LogP contribution in [0.4, 0.5) is 0 Å². The predicted molar refractivity (Wildman–Crippen MR) is 101 cm³/mol. The van der Waals surface area contributed by atoms with Crippen molar-refractivity contribution < 1.29 is 19.1 Å². The Hall–Kier alpha value is -3.41. The van der Waals surface area contributed by atoms with Gasteiger partial charge in [-0.15, -0.1) is 0 Å². The number of hydrogen-bond acceptors (Lipinski definition) is 5. The van der Waals surface area contributed by atoms with Gasteiger partial charge >= 0.3 is 5.97 Å². The summed E-state index contributed by atoms with van der Waals surface area (Å²) < 4.78 is 12.2. The third-order valence-corrected chi connectivity index (χ3v) is 3.94. The lowest BCUT2D eigenvalue weighted by molar-refractivity contribution is -0.120. The van der Waals surface area contributed by atoms with E-state index in [9.17, 15) is 9.59 Å². The van der Waals surface area contributed by atoms with E-state index < -0.39 is 5.97 Å². The van der Waals surface area contributed by atoms with Gasteiger partial charge in [-0.3, -0.25) is 9.48 Å². The van der Waals surface area contributed by atoms with Crippen molar-refractivity contribution in [2.75, 3.05) is 13.7 Å². The van der Waals surface area contributed by atoms with Gasteiger partial charge in [0.05, 0.1) is 13.7 Å². The fourth-order valence-corrected chi connectivity index (χ4v) is 2.71. The monoisotopic (exact) mass is 364 g/mol. The molecule has 0 N–H and O–H groups in total. The van der Waals surface area contributed by atoms with Crippen molar-refractivity contribution in [1.29, 1.82) is 0 Å². The average Bonchev–Trinajstić information content (AvgIpc) is 3.10. The maximum Gasteiger partial charge on any atom is 0.342 e. The summed E-state index contributed by atoms with van der Waals surface area (Å²) in [6.07, 6.45) is 1.64. The number of nitrogens with zero attached hydrogens (tertiary/aromatic N) is 2. The van der Waals surface area contributed by atoms with Gasteiger partial charge in [-0.1, -0.05) is 42.5 Å². The van der Waals surface area contributed by atoms with Crippen LogP contribution in [0.5, 0.6) is 5.75 Å². The number of aromatic nitrogens is 2. The first-order chi connectivity index (χ1) is 13.1. The van der Waals surface area contributed by atoms with Crippen molar-refractivity contribution in [3.63, 3.8) is 0 Å². The fraction of sp³-hybridized carbons (Fsp3) is 0.190. The summed E-state index contributed by atoms with van der Waals surface area (Å²) in [5.74, 6) is -0.215. The van der Waals surface area contributed by atoms with Crippen LogP contribution in [0.1, 0.15) is 22.8 Å². The molecule has 0 aliphatic heterocycles. The zero-order valence-corrected chi connectivity index (χ0v) is 15.2. The maximum atomic E-state index is 12.5. The summed E-state index contributed by atoms with van der Waals surface area (Å²) in [5, 5.41) is 4.58. The molecule has 138 valence electrons. The highest BCUT2D eigenvalue weighted by molar-refractivity contribution is 5.97. The molecule has 1 aromatic heterocycles. The highest BCUT2D eigenvalue weighted by Crippen LogP contribution is 2.31. The second-order valence-electron chi connectivity index (χ2n) is 6.05. The van der Waals surface area contributed by atoms with E-state index in [-0.39, 0.29) is 18.0 Å². The zero-order valence-electron chi connectivity index (χ0n) is 15.2. The zero-order chi connectivity index (χ0) is 19.2. The van der Waals surface area contributed by atoms with E-state index >= 15 is 0 Å². The van der Waals surface area contributed by atoms with Gasteiger partial charge in [-0.05, 0) is 24.6 Å². The van der Waals surface area contributed by atoms with Crippen LogP contribution in [-0.2, 0) is 16.1 Å². The van der Waals surface area contributed by atoms with E-state index in [0.29, 0.717) is 23.6 Å². The summed E-state index contributed by atoms with van der Waals surface area (Å²) in [5.41, 5.74) is 2.48. The van der Waals surface area contributed by atoms with Gasteiger partial charge in [-0.2, -0.15) is 5.10 Å². The first-order valence-corrected chi connectivity index (χ1v) is 8.50. The number of hydrogen-bond donors (Lipinski definition) is 0. The standard InChI is InChI=1S/C21H20N2O4/c1-15(24)14-27-21(25)18-13-23(12-16-8-4-3-5-9-16)22-20(18)17-10-6-7-11-19(17)26-2/h3-11,13H,12,14H2,1-2H3. The van der Waals surface area contributed by atoms with E-state index in [2.05, 4.69) is 5.10 Å². The van der Waals surface area contributed by atoms with Gasteiger partial charge in [0, 0.05) is 11.8 Å². The molecule has 0 fully saturated rings. The molecular formula is C21H20N2O4. The van der Waals surface area contributed by atoms with Crippen LogP contribution < -0.4 is 4.74 Å². The third-order valence-electron chi connectivity index (χ3n) is 3.94. The minimum atomic E-state index is -0.592. The number of para-hydroxylation sites is 1. The number of esters is 1. The van der Waals surface area contributed by atoms with E-state index in [1.54, 1.807) is 24.1 Å². The lowest BCUT2D eigenvalue weighted by Crippen LogP contribution is -2.11. The Kier molecular flexibility index (Phi) is 5.66. The molecule has 27 heavy (non-hydrogen) atoms. The quantitative estimate of drug-likeness (QED) is 0.601. The van der Waals surface area contributed by atoms with Gasteiger partial charge in [-0.25, -0.2) is 4.79 Å². The number of methoxy groups -OCH3 is 1. The molecule has 0 radical (unpaired) electrons. The lowest BCUT2D eigenvalue weighted by Gasteiger charge is -2.07. The number of carbonyl (C=O) groups is 2. The van der Waals surface area contributed by atoms with E-state index in [0.717, 1.165) is 5.56 Å². The highest BCUT2D eigenvalue weighted by atomic mass is 16.5. The second kappa shape index (κ2) is 8.31. The Morgan fingerprint density at radius 2 is 1.74 bits per heavy atom. The lowest BCUT2D eigenvalue weighted by atomic mass is 10.1. The van der Waals surface area contributed by atoms with Crippen LogP contribution in [0, 0.1) is 0 Å². The Morgan fingerprint density at radius 3 is 2.44 bits per heavy atom. The van der Waals surface area contributed by atoms with Gasteiger partial charge in [0.25, 0.3) is 0 Å². The Labute approximate surface area is 157 Å². The number of Topliss-reactive ketones (excluding diaryl/α,β-unsaturated/α-hetero) is 1. The van der Waals surface area contributed by atoms with E-state index in [1.165, 1.54) is 6.92 Å². The summed E-state index contributed by atoms with van der Waals surface area (Å²) in [4.78, 5) is 23.7. The summed E-state index contributed by atoms with van der Waals surface area (Å²) in [6, 6.07) is 17.1. The molecule has 2 aromatic carbocycles. The van der Waals surface area contributed by atoms with Crippen molar-refractivity contribution in [1.82, 2.24) is 9.78 Å². The van der Waals surface area contributed by atoms with Crippen LogP contribution in [0.15, 0.2) is 60.8 Å². The average molecular weight is 364 g/mol. The van der Waals surface area contributed by atoms with Crippen molar-refractivity contribution in [3.8, 4) is 17.0 Å². The maximum absolute atomic E-state index is 12.5. The molecule has 0 unspecified atom stereocenters. The first-order valence-electron chi connectivity index (χ1n) is 8.50. The van der Waals surface area contributed by atoms with Crippen molar-refractivity contribution in [2.45, 2.75) is 13.5 Å². The smallest absolute Gasteiger partial charge is 0.342 e. The second-order valence-corrected chi connectivity index (χ2v) is 6.05. The SMILES string of the molecule is COc1ccccc1-c1nn(Cc2ccccc2)cc1C(=O)OCC(C)=O. The first kappa shape index (κ1) is 18.4. The molecule has 0 amide bonds. The van der Waals surface area contributed by atoms with E-state index in [1.807, 2.05) is 48.5 Å². The van der Waals surface area contributed by atoms with Crippen molar-refractivity contribution >= 4 is 11.8 Å². The molecule has 0 atom stereocenters. The summed E-state index contributed by atoms with van der Waals surface area (Å²) in [6.45, 7) is 1.60. The number of ether oxygens (including phenoxy) is 2. The number of rotatable bonds is 7. The summed E-state index contributed by atoms with van der Waals surface area (Å²) >= 11 is 0. The molecule has 6 heteroatoms. The van der Waals surface area contributed by atoms with Gasteiger partial charge in [0.2, 0.25) is 0 Å². The van der Waals surface area contributed by atoms with Crippen LogP contribution in [-0.4, -0.2) is 35.2 Å². The summed E-state index contributed by atoms with van der Waals surface area (Å²) in [7, 11) is 1.56. The van der Waals surface area contributed by atoms with Crippen LogP contribution in [0.3, 0.4) is 0 Å². The molecule has 3 aromatic rings. The molecule has 0 aliphatic rings. The topological polar surface area (TPSA) is 70.4 Å². The molecule has 0 aliphatic carbocycles. The molecule has 0 saturated carbocycles. The highest BCUT2D eigenvalue weighted by Gasteiger charge is 2.22. The van der Waals surface area contributed by atoms with E-state index in [4.69, 9.17) is 9.47 Å². The minimum Gasteiger partial charge on any atom is -0.496 e. The van der Waals surface area contributed by atoms with Crippen molar-refractivity contribution in [3.05, 3.63) is 71.9 Å². The van der Waals surface area contributed by atoms with Crippen molar-refractivity contribution in [2.24, 2.45) is 0 Å². The van der Waals surface area contributed by atoms with Gasteiger partial charge in [0.1, 0.15) is 23.6 Å². The fourth-order valence-electron chi connectivity index (χ4n) is 2.71. The predicted octanol–water partition coefficient (Wildman–Crippen LogP) is 3.35. The normalized spacial score (nSPS) is 10.4. The number of carbonyl (C=O) groups excluding carboxylic acids is 2. The number of benzene rings is 2. The Balaban J connectivity index is 2.01. The van der Waals surface area contributed by atoms with Crippen LogP contribution in [0.25, 0.3) is 11.3 Å². The minimum absolute atomic E-state index is 0.223. The molecule has 3 rings (SSSR count). The van der Waals surface area contributed by atoms with Gasteiger partial charge in [0.15, 0.2) is 5.78 Å². The van der Waals surface area contributed by atoms with Crippen LogP contribution >= 0.6 is 0 Å². The largest absolute Gasteiger partial charge is 0.496 e. The molecule has 6 nitrogen and oxygen atoms in total. The molecule has 0 bridgehead atoms. The van der Waals surface area contributed by atoms with Crippen LogP contribution in [0.2, 0.25) is 0 Å². The molecule has 0 spiro atoms. The molecule has 0 saturated heterocycles. The number of ketones is 1. The molecule has 1 heterocycles. The molecular weight excluding hydrogens is 344 g/mol. The Bertz CT molecular complexity index is 948. The third kappa shape index (κ3) is 4.41.